The standard InChI is InChI=1S/C15H24N2O2/c1-11(12-7-6-8-13(9-12)19-5)16-10-14(18)17-15(2,3)4/h6-9,11,16H,10H2,1-5H3,(H,17,18)/t11-/m1/s1. The Bertz CT molecular complexity index is 424. The lowest BCUT2D eigenvalue weighted by Crippen LogP contribution is -2.45. The summed E-state index contributed by atoms with van der Waals surface area (Å²) in [5.41, 5.74) is 0.903. The van der Waals surface area contributed by atoms with Gasteiger partial charge in [0, 0.05) is 11.6 Å². The monoisotopic (exact) mass is 264 g/mol. The Kier molecular flexibility index (Phi) is 5.36. The second-order valence-corrected chi connectivity index (χ2v) is 5.68. The van der Waals surface area contributed by atoms with Crippen molar-refractivity contribution in [2.75, 3.05) is 13.7 Å². The lowest BCUT2D eigenvalue weighted by atomic mass is 10.1. The maximum absolute atomic E-state index is 11.7. The van der Waals surface area contributed by atoms with Crippen LogP contribution < -0.4 is 15.4 Å². The van der Waals surface area contributed by atoms with E-state index in [9.17, 15) is 4.79 Å². The lowest BCUT2D eigenvalue weighted by molar-refractivity contribution is -0.121. The summed E-state index contributed by atoms with van der Waals surface area (Å²) in [7, 11) is 1.65. The number of nitrogens with one attached hydrogen (secondary N) is 2. The number of hydrogen-bond acceptors (Lipinski definition) is 3. The highest BCUT2D eigenvalue weighted by molar-refractivity contribution is 5.78. The van der Waals surface area contributed by atoms with Crippen molar-refractivity contribution in [2.24, 2.45) is 0 Å². The van der Waals surface area contributed by atoms with Gasteiger partial charge in [0.2, 0.25) is 5.91 Å². The zero-order valence-electron chi connectivity index (χ0n) is 12.4. The first kappa shape index (κ1) is 15.5. The molecule has 1 rings (SSSR count). The number of benzene rings is 1. The lowest BCUT2D eigenvalue weighted by Gasteiger charge is -2.22. The third kappa shape index (κ3) is 5.75. The number of carbonyl (C=O) groups is 1. The van der Waals surface area contributed by atoms with Crippen molar-refractivity contribution in [3.8, 4) is 5.75 Å². The largest absolute Gasteiger partial charge is 0.497 e. The van der Waals surface area contributed by atoms with Gasteiger partial charge < -0.3 is 15.4 Å². The molecule has 0 aliphatic heterocycles. The van der Waals surface area contributed by atoms with E-state index in [0.29, 0.717) is 6.54 Å². The Labute approximate surface area is 115 Å². The van der Waals surface area contributed by atoms with Gasteiger partial charge in [0.05, 0.1) is 13.7 Å². The zero-order chi connectivity index (χ0) is 14.5. The van der Waals surface area contributed by atoms with Crippen LogP contribution >= 0.6 is 0 Å². The molecule has 19 heavy (non-hydrogen) atoms. The van der Waals surface area contributed by atoms with Crippen LogP contribution in [-0.4, -0.2) is 25.1 Å². The summed E-state index contributed by atoms with van der Waals surface area (Å²) in [6.07, 6.45) is 0. The van der Waals surface area contributed by atoms with E-state index in [1.807, 2.05) is 52.0 Å². The van der Waals surface area contributed by atoms with Gasteiger partial charge in [-0.15, -0.1) is 0 Å². The third-order valence-corrected chi connectivity index (χ3v) is 2.68. The Hall–Kier alpha value is -1.55. The number of methoxy groups -OCH3 is 1. The van der Waals surface area contributed by atoms with E-state index in [1.54, 1.807) is 7.11 Å². The summed E-state index contributed by atoms with van der Waals surface area (Å²) < 4.78 is 5.19. The fourth-order valence-electron chi connectivity index (χ4n) is 1.74. The normalized spacial score (nSPS) is 12.9. The fraction of sp³-hybridized carbons (Fsp3) is 0.533. The van der Waals surface area contributed by atoms with E-state index < -0.39 is 0 Å². The highest BCUT2D eigenvalue weighted by atomic mass is 16.5. The van der Waals surface area contributed by atoms with E-state index in [4.69, 9.17) is 4.74 Å². The van der Waals surface area contributed by atoms with Gasteiger partial charge in [-0.2, -0.15) is 0 Å². The van der Waals surface area contributed by atoms with Crippen molar-refractivity contribution in [1.82, 2.24) is 10.6 Å². The minimum atomic E-state index is -0.196. The molecule has 1 aromatic carbocycles. The molecule has 4 nitrogen and oxygen atoms in total. The number of hydrogen-bond donors (Lipinski definition) is 2. The van der Waals surface area contributed by atoms with Crippen molar-refractivity contribution in [1.29, 1.82) is 0 Å². The molecule has 0 heterocycles. The van der Waals surface area contributed by atoms with Gasteiger partial charge in [0.25, 0.3) is 0 Å². The van der Waals surface area contributed by atoms with Crippen LogP contribution in [0.2, 0.25) is 0 Å². The Morgan fingerprint density at radius 1 is 1.37 bits per heavy atom. The first-order valence-corrected chi connectivity index (χ1v) is 6.50. The van der Waals surface area contributed by atoms with Crippen LogP contribution in [0.3, 0.4) is 0 Å². The van der Waals surface area contributed by atoms with Crippen LogP contribution in [0.15, 0.2) is 24.3 Å². The molecule has 0 aliphatic rings. The second-order valence-electron chi connectivity index (χ2n) is 5.68. The maximum Gasteiger partial charge on any atom is 0.234 e. The minimum absolute atomic E-state index is 0.00208. The van der Waals surface area contributed by atoms with Gasteiger partial charge in [0.1, 0.15) is 5.75 Å². The predicted octanol–water partition coefficient (Wildman–Crippen LogP) is 2.26. The third-order valence-electron chi connectivity index (χ3n) is 2.68. The van der Waals surface area contributed by atoms with Crippen LogP contribution in [-0.2, 0) is 4.79 Å². The summed E-state index contributed by atoms with van der Waals surface area (Å²) in [6.45, 7) is 8.23. The molecule has 1 amide bonds. The summed E-state index contributed by atoms with van der Waals surface area (Å²) in [6, 6.07) is 7.94. The summed E-state index contributed by atoms with van der Waals surface area (Å²) in [5, 5.41) is 6.13. The average Bonchev–Trinajstić information content (AvgIpc) is 2.34. The van der Waals surface area contributed by atoms with Crippen LogP contribution in [0.5, 0.6) is 5.75 Å². The number of carbonyl (C=O) groups excluding carboxylic acids is 1. The van der Waals surface area contributed by atoms with E-state index in [2.05, 4.69) is 10.6 Å². The average molecular weight is 264 g/mol. The maximum atomic E-state index is 11.7. The minimum Gasteiger partial charge on any atom is -0.497 e. The fourth-order valence-corrected chi connectivity index (χ4v) is 1.74. The topological polar surface area (TPSA) is 50.4 Å². The van der Waals surface area contributed by atoms with Gasteiger partial charge in [-0.1, -0.05) is 12.1 Å². The molecule has 1 atom stereocenters. The molecule has 0 aromatic heterocycles. The number of amides is 1. The molecule has 0 fully saturated rings. The van der Waals surface area contributed by atoms with Crippen LogP contribution in [0, 0.1) is 0 Å². The van der Waals surface area contributed by atoms with Crippen molar-refractivity contribution in [3.63, 3.8) is 0 Å². The summed E-state index contributed by atoms with van der Waals surface area (Å²) in [4.78, 5) is 11.7. The van der Waals surface area contributed by atoms with Crippen molar-refractivity contribution >= 4 is 5.91 Å². The molecule has 1 aromatic rings. The van der Waals surface area contributed by atoms with Gasteiger partial charge in [-0.3, -0.25) is 4.79 Å². The Balaban J connectivity index is 2.51. The van der Waals surface area contributed by atoms with E-state index in [1.165, 1.54) is 0 Å². The quantitative estimate of drug-likeness (QED) is 0.857. The second kappa shape index (κ2) is 6.57. The molecule has 0 saturated heterocycles. The van der Waals surface area contributed by atoms with Crippen molar-refractivity contribution in [2.45, 2.75) is 39.3 Å². The van der Waals surface area contributed by atoms with Gasteiger partial charge in [-0.25, -0.2) is 0 Å². The molecule has 2 N–H and O–H groups in total. The molecule has 0 aliphatic carbocycles. The molecule has 0 bridgehead atoms. The summed E-state index contributed by atoms with van der Waals surface area (Å²) >= 11 is 0. The Morgan fingerprint density at radius 2 is 2.05 bits per heavy atom. The van der Waals surface area contributed by atoms with E-state index in [-0.39, 0.29) is 17.5 Å². The van der Waals surface area contributed by atoms with E-state index in [0.717, 1.165) is 11.3 Å². The highest BCUT2D eigenvalue weighted by Gasteiger charge is 2.14. The highest BCUT2D eigenvalue weighted by Crippen LogP contribution is 2.18. The number of ether oxygens (including phenoxy) is 1. The molecule has 4 heteroatoms. The number of rotatable bonds is 5. The molecular formula is C15H24N2O2. The molecule has 106 valence electrons. The first-order chi connectivity index (χ1) is 8.81. The molecule has 0 radical (unpaired) electrons. The van der Waals surface area contributed by atoms with Gasteiger partial charge in [-0.05, 0) is 45.4 Å². The molecular weight excluding hydrogens is 240 g/mol. The predicted molar refractivity (Wildman–Crippen MR) is 77.3 cm³/mol. The van der Waals surface area contributed by atoms with Gasteiger partial charge >= 0.3 is 0 Å². The van der Waals surface area contributed by atoms with Crippen molar-refractivity contribution in [3.05, 3.63) is 29.8 Å². The summed E-state index contributed by atoms with van der Waals surface area (Å²) in [5.74, 6) is 0.826. The SMILES string of the molecule is COc1cccc([C@@H](C)NCC(=O)NC(C)(C)C)c1. The van der Waals surface area contributed by atoms with Crippen LogP contribution in [0.25, 0.3) is 0 Å². The smallest absolute Gasteiger partial charge is 0.234 e. The first-order valence-electron chi connectivity index (χ1n) is 6.50. The van der Waals surface area contributed by atoms with Crippen molar-refractivity contribution < 1.29 is 9.53 Å². The van der Waals surface area contributed by atoms with Crippen LogP contribution in [0.4, 0.5) is 0 Å². The molecule has 0 spiro atoms. The van der Waals surface area contributed by atoms with Gasteiger partial charge in [0.15, 0.2) is 0 Å². The van der Waals surface area contributed by atoms with E-state index >= 15 is 0 Å². The molecule has 0 saturated carbocycles. The van der Waals surface area contributed by atoms with Crippen LogP contribution in [0.1, 0.15) is 39.3 Å². The zero-order valence-corrected chi connectivity index (χ0v) is 12.4. The molecule has 0 unspecified atom stereocenters. The Morgan fingerprint density at radius 3 is 2.63 bits per heavy atom.